The highest BCUT2D eigenvalue weighted by molar-refractivity contribution is 9.10. The number of benzene rings is 1. The van der Waals surface area contributed by atoms with E-state index < -0.39 is 17.6 Å². The van der Waals surface area contributed by atoms with E-state index in [1.54, 1.807) is 0 Å². The van der Waals surface area contributed by atoms with E-state index in [1.807, 2.05) is 0 Å². The van der Waals surface area contributed by atoms with E-state index in [0.717, 1.165) is 18.9 Å². The number of piperidine rings is 1. The van der Waals surface area contributed by atoms with Crippen LogP contribution in [0.25, 0.3) is 0 Å². The third-order valence-corrected chi connectivity index (χ3v) is 4.08. The summed E-state index contributed by atoms with van der Waals surface area (Å²) in [5, 5.41) is 0. The van der Waals surface area contributed by atoms with Crippen LogP contribution < -0.4 is 0 Å². The fourth-order valence-electron chi connectivity index (χ4n) is 2.32. The highest BCUT2D eigenvalue weighted by atomic mass is 79.9. The zero-order valence-electron chi connectivity index (χ0n) is 11.0. The molecule has 1 aliphatic rings. The lowest BCUT2D eigenvalue weighted by molar-refractivity contribution is -0.138. The molecule has 1 saturated heterocycles. The van der Waals surface area contributed by atoms with Crippen molar-refractivity contribution in [3.63, 3.8) is 0 Å². The average molecular weight is 350 g/mol. The third kappa shape index (κ3) is 3.34. The average Bonchev–Trinajstić information content (AvgIpc) is 2.38. The smallest absolute Gasteiger partial charge is 0.339 e. The normalized spacial score (nSPS) is 17.4. The van der Waals surface area contributed by atoms with Crippen molar-refractivity contribution < 1.29 is 18.0 Å². The highest BCUT2D eigenvalue weighted by Crippen LogP contribution is 2.34. The van der Waals surface area contributed by atoms with Gasteiger partial charge in [0.05, 0.1) is 11.1 Å². The summed E-state index contributed by atoms with van der Waals surface area (Å²) in [6.45, 7) is 3.13. The minimum absolute atomic E-state index is 0.268. The van der Waals surface area contributed by atoms with Crippen LogP contribution in [0.5, 0.6) is 0 Å². The van der Waals surface area contributed by atoms with Crippen LogP contribution in [0.4, 0.5) is 13.2 Å². The van der Waals surface area contributed by atoms with E-state index in [2.05, 4.69) is 22.9 Å². The van der Waals surface area contributed by atoms with E-state index in [0.29, 0.717) is 23.5 Å². The van der Waals surface area contributed by atoms with Crippen molar-refractivity contribution in [3.05, 3.63) is 33.8 Å². The molecule has 0 N–H and O–H groups in total. The van der Waals surface area contributed by atoms with Crippen LogP contribution in [0.1, 0.15) is 35.7 Å². The predicted octanol–water partition coefficient (Wildman–Crippen LogP) is 4.34. The van der Waals surface area contributed by atoms with Crippen LogP contribution in [0.15, 0.2) is 22.7 Å². The van der Waals surface area contributed by atoms with Crippen LogP contribution in [-0.4, -0.2) is 23.9 Å². The van der Waals surface area contributed by atoms with Gasteiger partial charge in [0.2, 0.25) is 0 Å². The van der Waals surface area contributed by atoms with E-state index in [4.69, 9.17) is 0 Å². The van der Waals surface area contributed by atoms with Gasteiger partial charge in [-0.2, -0.15) is 13.2 Å². The summed E-state index contributed by atoms with van der Waals surface area (Å²) in [4.78, 5) is 13.8. The monoisotopic (exact) mass is 349 g/mol. The summed E-state index contributed by atoms with van der Waals surface area (Å²) >= 11 is 3.02. The maximum absolute atomic E-state index is 13.0. The fraction of sp³-hybridized carbons (Fsp3) is 0.500. The Kier molecular flexibility index (Phi) is 4.42. The molecule has 1 aliphatic heterocycles. The van der Waals surface area contributed by atoms with Gasteiger partial charge in [-0.05, 0) is 37.0 Å². The Morgan fingerprint density at radius 1 is 1.30 bits per heavy atom. The molecule has 0 saturated carbocycles. The summed E-state index contributed by atoms with van der Waals surface area (Å²) in [7, 11) is 0. The molecule has 0 spiro atoms. The number of amides is 1. The van der Waals surface area contributed by atoms with Gasteiger partial charge >= 0.3 is 6.18 Å². The van der Waals surface area contributed by atoms with Crippen molar-refractivity contribution in [1.29, 1.82) is 0 Å². The van der Waals surface area contributed by atoms with Crippen LogP contribution in [0.3, 0.4) is 0 Å². The van der Waals surface area contributed by atoms with Crippen LogP contribution >= 0.6 is 15.9 Å². The minimum Gasteiger partial charge on any atom is -0.339 e. The number of carbonyl (C=O) groups excluding carboxylic acids is 1. The van der Waals surface area contributed by atoms with E-state index in [9.17, 15) is 18.0 Å². The van der Waals surface area contributed by atoms with Gasteiger partial charge in [-0.25, -0.2) is 0 Å². The third-order valence-electron chi connectivity index (χ3n) is 3.59. The number of rotatable bonds is 1. The minimum atomic E-state index is -4.53. The molecule has 0 aromatic heterocycles. The molecule has 0 aliphatic carbocycles. The zero-order valence-corrected chi connectivity index (χ0v) is 12.6. The van der Waals surface area contributed by atoms with Crippen molar-refractivity contribution in [2.24, 2.45) is 5.92 Å². The lowest BCUT2D eigenvalue weighted by Crippen LogP contribution is -2.38. The quantitative estimate of drug-likeness (QED) is 0.738. The molecule has 1 amide bonds. The van der Waals surface area contributed by atoms with Gasteiger partial charge in [0.15, 0.2) is 0 Å². The molecule has 2 rings (SSSR count). The molecule has 6 heteroatoms. The zero-order chi connectivity index (χ0) is 14.9. The van der Waals surface area contributed by atoms with Crippen LogP contribution in [0.2, 0.25) is 0 Å². The fourth-order valence-corrected chi connectivity index (χ4v) is 2.68. The van der Waals surface area contributed by atoms with Gasteiger partial charge < -0.3 is 4.90 Å². The number of hydrogen-bond donors (Lipinski definition) is 0. The molecule has 0 unspecified atom stereocenters. The standard InChI is InChI=1S/C14H15BrF3NO/c1-9-4-6-19(7-5-9)13(20)11-3-2-10(15)8-12(11)14(16,17)18/h2-3,8-9H,4-7H2,1H3. The second-order valence-corrected chi connectivity index (χ2v) is 6.08. The Bertz CT molecular complexity index is 508. The first kappa shape index (κ1) is 15.4. The molecule has 0 atom stereocenters. The number of hydrogen-bond acceptors (Lipinski definition) is 1. The molecule has 20 heavy (non-hydrogen) atoms. The van der Waals surface area contributed by atoms with Crippen LogP contribution in [0, 0.1) is 5.92 Å². The Balaban J connectivity index is 2.30. The molecule has 110 valence electrons. The Labute approximate surface area is 124 Å². The van der Waals surface area contributed by atoms with Crippen molar-refractivity contribution in [1.82, 2.24) is 4.90 Å². The molecule has 0 radical (unpaired) electrons. The predicted molar refractivity (Wildman–Crippen MR) is 73.4 cm³/mol. The molecule has 0 bridgehead atoms. The first-order valence-corrected chi connectivity index (χ1v) is 7.24. The highest BCUT2D eigenvalue weighted by Gasteiger charge is 2.36. The number of nitrogens with zero attached hydrogens (tertiary/aromatic N) is 1. The van der Waals surface area contributed by atoms with Gasteiger partial charge in [0.25, 0.3) is 5.91 Å². The lowest BCUT2D eigenvalue weighted by Gasteiger charge is -2.31. The van der Waals surface area contributed by atoms with E-state index >= 15 is 0 Å². The summed E-state index contributed by atoms with van der Waals surface area (Å²) in [5.41, 5.74) is -1.15. The lowest BCUT2D eigenvalue weighted by atomic mass is 9.98. The van der Waals surface area contributed by atoms with Gasteiger partial charge in [-0.15, -0.1) is 0 Å². The van der Waals surface area contributed by atoms with Crippen molar-refractivity contribution in [2.45, 2.75) is 25.9 Å². The largest absolute Gasteiger partial charge is 0.417 e. The second kappa shape index (κ2) is 5.76. The van der Waals surface area contributed by atoms with Gasteiger partial charge in [-0.3, -0.25) is 4.79 Å². The number of alkyl halides is 3. The maximum atomic E-state index is 13.0. The number of carbonyl (C=O) groups is 1. The van der Waals surface area contributed by atoms with Crippen LogP contribution in [-0.2, 0) is 6.18 Å². The van der Waals surface area contributed by atoms with Crippen molar-refractivity contribution in [3.8, 4) is 0 Å². The molecular formula is C14H15BrF3NO. The Hall–Kier alpha value is -1.04. The maximum Gasteiger partial charge on any atom is 0.417 e. The first-order valence-electron chi connectivity index (χ1n) is 6.45. The molecule has 1 heterocycles. The SMILES string of the molecule is CC1CCN(C(=O)c2ccc(Br)cc2C(F)(F)F)CC1. The van der Waals surface area contributed by atoms with Gasteiger partial charge in [0, 0.05) is 17.6 Å². The molecule has 1 aromatic carbocycles. The van der Waals surface area contributed by atoms with Crippen molar-refractivity contribution >= 4 is 21.8 Å². The summed E-state index contributed by atoms with van der Waals surface area (Å²) < 4.78 is 39.4. The topological polar surface area (TPSA) is 20.3 Å². The number of likely N-dealkylation sites (tertiary alicyclic amines) is 1. The van der Waals surface area contributed by atoms with Gasteiger partial charge in [0.1, 0.15) is 0 Å². The molecular weight excluding hydrogens is 335 g/mol. The summed E-state index contributed by atoms with van der Waals surface area (Å²) in [5.74, 6) is -0.0113. The summed E-state index contributed by atoms with van der Waals surface area (Å²) in [6.07, 6.45) is -2.86. The number of halogens is 4. The van der Waals surface area contributed by atoms with Crippen molar-refractivity contribution in [2.75, 3.05) is 13.1 Å². The Morgan fingerprint density at radius 2 is 1.90 bits per heavy atom. The first-order chi connectivity index (χ1) is 9.29. The van der Waals surface area contributed by atoms with E-state index in [-0.39, 0.29) is 5.56 Å². The van der Waals surface area contributed by atoms with Gasteiger partial charge in [-0.1, -0.05) is 22.9 Å². The molecule has 1 fully saturated rings. The second-order valence-electron chi connectivity index (χ2n) is 5.16. The summed E-state index contributed by atoms with van der Waals surface area (Å²) in [6, 6.07) is 3.67. The Morgan fingerprint density at radius 3 is 2.45 bits per heavy atom. The molecule has 1 aromatic rings. The van der Waals surface area contributed by atoms with E-state index in [1.165, 1.54) is 17.0 Å². The molecule has 2 nitrogen and oxygen atoms in total.